The Labute approximate surface area is 232 Å². The average molecular weight is 537 g/mol. The van der Waals surface area contributed by atoms with Crippen LogP contribution in [-0.2, 0) is 9.59 Å². The van der Waals surface area contributed by atoms with E-state index in [9.17, 15) is 9.59 Å². The summed E-state index contributed by atoms with van der Waals surface area (Å²) in [5.74, 6) is 0.179. The van der Waals surface area contributed by atoms with E-state index in [0.29, 0.717) is 24.3 Å². The van der Waals surface area contributed by atoms with Crippen molar-refractivity contribution < 1.29 is 19.1 Å². The molecular weight excluding hydrogens is 484 g/mol. The van der Waals surface area contributed by atoms with Gasteiger partial charge >= 0.3 is 11.9 Å². The van der Waals surface area contributed by atoms with Crippen LogP contribution in [0.5, 0.6) is 11.5 Å². The van der Waals surface area contributed by atoms with E-state index >= 15 is 0 Å². The maximum atomic E-state index is 12.2. The number of hydrogen-bond acceptors (Lipinski definition) is 4. The molecule has 5 heteroatoms. The van der Waals surface area contributed by atoms with E-state index in [-0.39, 0.29) is 17.0 Å². The molecule has 0 atom stereocenters. The molecule has 0 spiro atoms. The SMILES string of the molecule is CCCCCCCCCCCCC(=O)Oc1ccc(OC(=O)CCCCCCCCCCCC)c(Cl)c1. The molecule has 0 saturated heterocycles. The molecule has 1 rings (SSSR count). The van der Waals surface area contributed by atoms with Crippen molar-refractivity contribution in [3.63, 3.8) is 0 Å². The number of unbranched alkanes of at least 4 members (excludes halogenated alkanes) is 18. The Bertz CT molecular complexity index is 719. The first-order valence-electron chi connectivity index (χ1n) is 15.3. The molecule has 37 heavy (non-hydrogen) atoms. The number of hydrogen-bond donors (Lipinski definition) is 0. The summed E-state index contributed by atoms with van der Waals surface area (Å²) in [5, 5.41) is 0.278. The van der Waals surface area contributed by atoms with Gasteiger partial charge in [0.15, 0.2) is 0 Å². The second-order valence-corrected chi connectivity index (χ2v) is 10.8. The lowest BCUT2D eigenvalue weighted by atomic mass is 10.1. The fourth-order valence-electron chi connectivity index (χ4n) is 4.50. The van der Waals surface area contributed by atoms with Gasteiger partial charge in [0.05, 0.1) is 5.02 Å². The van der Waals surface area contributed by atoms with Gasteiger partial charge in [-0.3, -0.25) is 9.59 Å². The minimum Gasteiger partial charge on any atom is -0.426 e. The third-order valence-corrected chi connectivity index (χ3v) is 7.12. The highest BCUT2D eigenvalue weighted by atomic mass is 35.5. The van der Waals surface area contributed by atoms with Crippen LogP contribution in [0.1, 0.15) is 155 Å². The lowest BCUT2D eigenvalue weighted by Crippen LogP contribution is -2.09. The molecule has 1 aromatic rings. The van der Waals surface area contributed by atoms with E-state index in [1.165, 1.54) is 103 Å². The van der Waals surface area contributed by atoms with Crippen molar-refractivity contribution in [2.24, 2.45) is 0 Å². The van der Waals surface area contributed by atoms with E-state index < -0.39 is 0 Å². The fourth-order valence-corrected chi connectivity index (χ4v) is 4.71. The van der Waals surface area contributed by atoms with Gasteiger partial charge in [-0.15, -0.1) is 0 Å². The van der Waals surface area contributed by atoms with Crippen molar-refractivity contribution in [3.8, 4) is 11.5 Å². The second kappa shape index (κ2) is 23.6. The van der Waals surface area contributed by atoms with Crippen LogP contribution < -0.4 is 9.47 Å². The minimum atomic E-state index is -0.271. The predicted molar refractivity (Wildman–Crippen MR) is 156 cm³/mol. The molecule has 0 N–H and O–H groups in total. The number of ether oxygens (including phenoxy) is 2. The van der Waals surface area contributed by atoms with Gasteiger partial charge in [-0.25, -0.2) is 0 Å². The zero-order valence-corrected chi connectivity index (χ0v) is 24.6. The van der Waals surface area contributed by atoms with E-state index in [2.05, 4.69) is 13.8 Å². The van der Waals surface area contributed by atoms with Crippen LogP contribution in [0.25, 0.3) is 0 Å². The molecular formula is C32H53ClO4. The predicted octanol–water partition coefficient (Wildman–Crippen LogP) is 10.8. The van der Waals surface area contributed by atoms with Gasteiger partial charge in [0.2, 0.25) is 0 Å². The molecule has 0 saturated carbocycles. The van der Waals surface area contributed by atoms with Crippen molar-refractivity contribution >= 4 is 23.5 Å². The zero-order chi connectivity index (χ0) is 27.0. The third kappa shape index (κ3) is 19.2. The quantitative estimate of drug-likeness (QED) is 0.0748. The highest BCUT2D eigenvalue weighted by Gasteiger charge is 2.11. The monoisotopic (exact) mass is 536 g/mol. The molecule has 1 aromatic carbocycles. The van der Waals surface area contributed by atoms with E-state index in [4.69, 9.17) is 21.1 Å². The Morgan fingerprint density at radius 1 is 0.568 bits per heavy atom. The van der Waals surface area contributed by atoms with E-state index in [1.54, 1.807) is 18.2 Å². The number of benzene rings is 1. The van der Waals surface area contributed by atoms with Crippen LogP contribution in [0.2, 0.25) is 5.02 Å². The lowest BCUT2D eigenvalue weighted by Gasteiger charge is -2.09. The van der Waals surface area contributed by atoms with Crippen molar-refractivity contribution in [2.75, 3.05) is 0 Å². The molecule has 0 unspecified atom stereocenters. The maximum absolute atomic E-state index is 12.2. The summed E-state index contributed by atoms with van der Waals surface area (Å²) in [7, 11) is 0. The molecule has 0 aliphatic heterocycles. The normalized spacial score (nSPS) is 11.0. The number of esters is 2. The van der Waals surface area contributed by atoms with E-state index in [0.717, 1.165) is 25.7 Å². The summed E-state index contributed by atoms with van der Waals surface area (Å²) in [6.07, 6.45) is 25.3. The van der Waals surface area contributed by atoms with Gasteiger partial charge < -0.3 is 9.47 Å². The summed E-state index contributed by atoms with van der Waals surface area (Å²) in [5.41, 5.74) is 0. The van der Waals surface area contributed by atoms with Crippen LogP contribution >= 0.6 is 11.6 Å². The Morgan fingerprint density at radius 3 is 1.35 bits per heavy atom. The Morgan fingerprint density at radius 2 is 0.946 bits per heavy atom. The van der Waals surface area contributed by atoms with Gasteiger partial charge in [-0.1, -0.05) is 141 Å². The third-order valence-electron chi connectivity index (χ3n) is 6.83. The molecule has 0 aliphatic rings. The van der Waals surface area contributed by atoms with Crippen molar-refractivity contribution in [1.82, 2.24) is 0 Å². The number of rotatable bonds is 24. The highest BCUT2D eigenvalue weighted by molar-refractivity contribution is 6.32. The van der Waals surface area contributed by atoms with Gasteiger partial charge in [-0.2, -0.15) is 0 Å². The van der Waals surface area contributed by atoms with Gasteiger partial charge in [0, 0.05) is 18.9 Å². The molecule has 0 radical (unpaired) electrons. The molecule has 212 valence electrons. The summed E-state index contributed by atoms with van der Waals surface area (Å²) in [6.45, 7) is 4.48. The Balaban J connectivity index is 2.12. The average Bonchev–Trinajstić information content (AvgIpc) is 2.88. The van der Waals surface area contributed by atoms with E-state index in [1.807, 2.05) is 0 Å². The van der Waals surface area contributed by atoms with Crippen molar-refractivity contribution in [1.29, 1.82) is 0 Å². The lowest BCUT2D eigenvalue weighted by molar-refractivity contribution is -0.135. The number of carbonyl (C=O) groups is 2. The van der Waals surface area contributed by atoms with Crippen molar-refractivity contribution in [2.45, 2.75) is 155 Å². The number of halogens is 1. The minimum absolute atomic E-state index is 0.249. The first kappa shape index (κ1) is 33.5. The second-order valence-electron chi connectivity index (χ2n) is 10.4. The topological polar surface area (TPSA) is 52.6 Å². The first-order valence-corrected chi connectivity index (χ1v) is 15.7. The molecule has 0 amide bonds. The molecule has 0 aromatic heterocycles. The number of carbonyl (C=O) groups excluding carboxylic acids is 2. The van der Waals surface area contributed by atoms with Gasteiger partial charge in [-0.05, 0) is 25.0 Å². The van der Waals surface area contributed by atoms with Crippen molar-refractivity contribution in [3.05, 3.63) is 23.2 Å². The molecule has 0 fully saturated rings. The van der Waals surface area contributed by atoms with Crippen LogP contribution in [0.15, 0.2) is 18.2 Å². The summed E-state index contributed by atoms with van der Waals surface area (Å²) in [6, 6.07) is 4.77. The fraction of sp³-hybridized carbons (Fsp3) is 0.750. The molecule has 0 bridgehead atoms. The summed E-state index contributed by atoms with van der Waals surface area (Å²) < 4.78 is 10.8. The summed E-state index contributed by atoms with van der Waals surface area (Å²) in [4.78, 5) is 24.3. The molecule has 0 aliphatic carbocycles. The molecule has 0 heterocycles. The van der Waals surface area contributed by atoms with Crippen LogP contribution in [-0.4, -0.2) is 11.9 Å². The van der Waals surface area contributed by atoms with Gasteiger partial charge in [0.25, 0.3) is 0 Å². The Hall–Kier alpha value is -1.55. The van der Waals surface area contributed by atoms with Gasteiger partial charge in [0.1, 0.15) is 11.5 Å². The maximum Gasteiger partial charge on any atom is 0.311 e. The Kier molecular flexibility index (Phi) is 21.3. The van der Waals surface area contributed by atoms with Crippen LogP contribution in [0, 0.1) is 0 Å². The molecule has 4 nitrogen and oxygen atoms in total. The van der Waals surface area contributed by atoms with Crippen LogP contribution in [0.3, 0.4) is 0 Å². The standard InChI is InChI=1S/C32H53ClO4/c1-3-5-7-9-11-13-15-17-19-21-23-31(34)36-28-25-26-30(29(33)27-28)37-32(35)24-22-20-18-16-14-12-10-8-6-4-2/h25-27H,3-24H2,1-2H3. The first-order chi connectivity index (χ1) is 18.1. The largest absolute Gasteiger partial charge is 0.426 e. The highest BCUT2D eigenvalue weighted by Crippen LogP contribution is 2.29. The smallest absolute Gasteiger partial charge is 0.311 e. The summed E-state index contributed by atoms with van der Waals surface area (Å²) >= 11 is 6.27. The van der Waals surface area contributed by atoms with Crippen LogP contribution in [0.4, 0.5) is 0 Å². The zero-order valence-electron chi connectivity index (χ0n) is 23.8.